The fraction of sp³-hybridized carbons (Fsp3) is 0.722. The van der Waals surface area contributed by atoms with Crippen LogP contribution < -0.4 is 0 Å². The number of carbonyl (C=O) groups excluding carboxylic acids is 3. The molecule has 2 unspecified atom stereocenters. The van der Waals surface area contributed by atoms with E-state index in [1.54, 1.807) is 6.08 Å². The van der Waals surface area contributed by atoms with Gasteiger partial charge in [-0.05, 0) is 12.8 Å². The van der Waals surface area contributed by atoms with Crippen LogP contribution in [-0.4, -0.2) is 68.9 Å². The van der Waals surface area contributed by atoms with E-state index >= 15 is 0 Å². The zero-order valence-corrected chi connectivity index (χ0v) is 16.2. The van der Waals surface area contributed by atoms with Crippen LogP contribution in [0.15, 0.2) is 12.7 Å². The van der Waals surface area contributed by atoms with Crippen molar-refractivity contribution in [2.75, 3.05) is 20.3 Å². The van der Waals surface area contributed by atoms with Crippen LogP contribution >= 0.6 is 0 Å². The van der Waals surface area contributed by atoms with Crippen molar-refractivity contribution in [3.05, 3.63) is 12.7 Å². The Labute approximate surface area is 158 Å². The molecule has 0 aromatic rings. The Morgan fingerprint density at radius 1 is 1.00 bits per heavy atom. The van der Waals surface area contributed by atoms with Crippen LogP contribution in [0.1, 0.15) is 33.6 Å². The van der Waals surface area contributed by atoms with E-state index < -0.39 is 48.6 Å². The number of ether oxygens (including phenoxy) is 6. The second-order valence-corrected chi connectivity index (χ2v) is 6.00. The molecule has 0 aromatic carbocycles. The molecule has 0 amide bonds. The van der Waals surface area contributed by atoms with Gasteiger partial charge in [-0.1, -0.05) is 6.08 Å². The zero-order valence-electron chi connectivity index (χ0n) is 16.2. The molecular weight excluding hydrogens is 360 g/mol. The SMILES string of the molecule is C=CCCCO[C@@H]1OC(COC(C)=O)[C@@H](OC)[C@H](OC(C)=O)C1OC(C)=O. The normalized spacial score (nSPS) is 27.5. The molecule has 154 valence electrons. The third-order valence-corrected chi connectivity index (χ3v) is 3.75. The summed E-state index contributed by atoms with van der Waals surface area (Å²) in [5.74, 6) is -1.67. The van der Waals surface area contributed by atoms with Crippen LogP contribution in [0.4, 0.5) is 0 Å². The molecule has 0 N–H and O–H groups in total. The molecule has 1 heterocycles. The van der Waals surface area contributed by atoms with E-state index in [1.807, 2.05) is 0 Å². The van der Waals surface area contributed by atoms with Crippen molar-refractivity contribution >= 4 is 17.9 Å². The second-order valence-electron chi connectivity index (χ2n) is 6.00. The standard InChI is InChI=1S/C18H28O9/c1-6-7-8-9-23-18-17(26-13(4)21)16(25-12(3)20)15(22-5)14(27-18)10-24-11(2)19/h6,14-18H,1,7-10H2,2-5H3/t14?,15-,16+,17?,18-/m1/s1. The van der Waals surface area contributed by atoms with Gasteiger partial charge < -0.3 is 28.4 Å². The van der Waals surface area contributed by atoms with E-state index in [9.17, 15) is 14.4 Å². The first-order valence-corrected chi connectivity index (χ1v) is 8.68. The molecule has 27 heavy (non-hydrogen) atoms. The Kier molecular flexibility index (Phi) is 9.98. The van der Waals surface area contributed by atoms with Crippen LogP contribution in [0.5, 0.6) is 0 Å². The van der Waals surface area contributed by atoms with Crippen molar-refractivity contribution in [1.82, 2.24) is 0 Å². The van der Waals surface area contributed by atoms with Crippen molar-refractivity contribution in [1.29, 1.82) is 0 Å². The largest absolute Gasteiger partial charge is 0.463 e. The number of carbonyl (C=O) groups is 3. The van der Waals surface area contributed by atoms with Crippen LogP contribution in [0, 0.1) is 0 Å². The molecule has 0 aliphatic carbocycles. The molecule has 0 saturated carbocycles. The lowest BCUT2D eigenvalue weighted by Gasteiger charge is -2.44. The van der Waals surface area contributed by atoms with E-state index in [1.165, 1.54) is 27.9 Å². The molecular formula is C18H28O9. The summed E-state index contributed by atoms with van der Waals surface area (Å²) in [6.45, 7) is 7.53. The summed E-state index contributed by atoms with van der Waals surface area (Å²) in [7, 11) is 1.39. The van der Waals surface area contributed by atoms with Crippen molar-refractivity contribution < 1.29 is 42.8 Å². The molecule has 0 radical (unpaired) electrons. The van der Waals surface area contributed by atoms with E-state index in [4.69, 9.17) is 28.4 Å². The Hall–Kier alpha value is -1.97. The first kappa shape index (κ1) is 23.1. The highest BCUT2D eigenvalue weighted by molar-refractivity contribution is 5.67. The lowest BCUT2D eigenvalue weighted by molar-refractivity contribution is -0.309. The van der Waals surface area contributed by atoms with E-state index in [2.05, 4.69) is 6.58 Å². The van der Waals surface area contributed by atoms with Crippen LogP contribution in [0.2, 0.25) is 0 Å². The molecule has 1 rings (SSSR count). The van der Waals surface area contributed by atoms with Gasteiger partial charge in [0.1, 0.15) is 18.8 Å². The molecule has 0 aromatic heterocycles. The maximum Gasteiger partial charge on any atom is 0.303 e. The molecule has 1 fully saturated rings. The minimum atomic E-state index is -1.03. The van der Waals surface area contributed by atoms with E-state index in [0.717, 1.165) is 6.42 Å². The van der Waals surface area contributed by atoms with E-state index in [0.29, 0.717) is 13.0 Å². The van der Waals surface area contributed by atoms with Crippen molar-refractivity contribution in [2.45, 2.75) is 64.3 Å². The smallest absolute Gasteiger partial charge is 0.303 e. The number of rotatable bonds is 10. The second kappa shape index (κ2) is 11.7. The summed E-state index contributed by atoms with van der Waals surface area (Å²) in [5.41, 5.74) is 0. The highest BCUT2D eigenvalue weighted by Crippen LogP contribution is 2.29. The summed E-state index contributed by atoms with van der Waals surface area (Å²) in [6, 6.07) is 0. The van der Waals surface area contributed by atoms with Gasteiger partial charge in [-0.15, -0.1) is 6.58 Å². The van der Waals surface area contributed by atoms with Crippen molar-refractivity contribution in [3.63, 3.8) is 0 Å². The Bertz CT molecular complexity index is 519. The minimum Gasteiger partial charge on any atom is -0.463 e. The van der Waals surface area contributed by atoms with Gasteiger partial charge in [-0.3, -0.25) is 14.4 Å². The topological polar surface area (TPSA) is 107 Å². The van der Waals surface area contributed by atoms with Crippen LogP contribution in [0.3, 0.4) is 0 Å². The summed E-state index contributed by atoms with van der Waals surface area (Å²) in [6.07, 6.45) is -1.49. The molecule has 9 heteroatoms. The van der Waals surface area contributed by atoms with Crippen molar-refractivity contribution in [3.8, 4) is 0 Å². The molecule has 0 bridgehead atoms. The molecule has 5 atom stereocenters. The first-order chi connectivity index (χ1) is 12.8. The van der Waals surface area contributed by atoms with Gasteiger partial charge in [0.25, 0.3) is 0 Å². The summed E-state index contributed by atoms with van der Waals surface area (Å²) >= 11 is 0. The third kappa shape index (κ3) is 7.66. The number of hydrogen-bond acceptors (Lipinski definition) is 9. The average molecular weight is 388 g/mol. The van der Waals surface area contributed by atoms with Gasteiger partial charge in [-0.2, -0.15) is 0 Å². The Morgan fingerprint density at radius 3 is 2.15 bits per heavy atom. The van der Waals surface area contributed by atoms with Crippen LogP contribution in [0.25, 0.3) is 0 Å². The third-order valence-electron chi connectivity index (χ3n) is 3.75. The van der Waals surface area contributed by atoms with Gasteiger partial charge in [0.2, 0.25) is 0 Å². The minimum absolute atomic E-state index is 0.134. The quantitative estimate of drug-likeness (QED) is 0.236. The van der Waals surface area contributed by atoms with Gasteiger partial charge in [-0.25, -0.2) is 0 Å². The fourth-order valence-electron chi connectivity index (χ4n) is 2.70. The van der Waals surface area contributed by atoms with Crippen LogP contribution in [-0.2, 0) is 42.8 Å². The lowest BCUT2D eigenvalue weighted by Crippen LogP contribution is -2.62. The number of allylic oxidation sites excluding steroid dienone is 1. The molecule has 1 saturated heterocycles. The fourth-order valence-corrected chi connectivity index (χ4v) is 2.70. The van der Waals surface area contributed by atoms with Crippen molar-refractivity contribution in [2.24, 2.45) is 0 Å². The maximum atomic E-state index is 11.6. The number of hydrogen-bond donors (Lipinski definition) is 0. The highest BCUT2D eigenvalue weighted by atomic mass is 16.7. The van der Waals surface area contributed by atoms with Gasteiger partial charge >= 0.3 is 17.9 Å². The monoisotopic (exact) mass is 388 g/mol. The Morgan fingerprint density at radius 2 is 1.63 bits per heavy atom. The molecule has 1 aliphatic heterocycles. The number of methoxy groups -OCH3 is 1. The summed E-state index contributed by atoms with van der Waals surface area (Å²) in [4.78, 5) is 34.3. The molecule has 0 spiro atoms. The first-order valence-electron chi connectivity index (χ1n) is 8.68. The number of unbranched alkanes of at least 4 members (excludes halogenated alkanes) is 1. The average Bonchev–Trinajstić information content (AvgIpc) is 2.58. The highest BCUT2D eigenvalue weighted by Gasteiger charge is 2.51. The number of esters is 3. The predicted molar refractivity (Wildman–Crippen MR) is 92.6 cm³/mol. The summed E-state index contributed by atoms with van der Waals surface area (Å²) in [5, 5.41) is 0. The molecule has 1 aliphatic rings. The summed E-state index contributed by atoms with van der Waals surface area (Å²) < 4.78 is 32.6. The van der Waals surface area contributed by atoms with Gasteiger partial charge in [0.15, 0.2) is 18.5 Å². The zero-order chi connectivity index (χ0) is 20.4. The van der Waals surface area contributed by atoms with Gasteiger partial charge in [0, 0.05) is 27.9 Å². The Balaban J connectivity index is 3.05. The lowest BCUT2D eigenvalue weighted by atomic mass is 9.98. The predicted octanol–water partition coefficient (Wildman–Crippen LogP) is 1.14. The molecule has 9 nitrogen and oxygen atoms in total. The maximum absolute atomic E-state index is 11.6. The van der Waals surface area contributed by atoms with E-state index in [-0.39, 0.29) is 6.61 Å². The van der Waals surface area contributed by atoms with Gasteiger partial charge in [0.05, 0.1) is 6.61 Å².